The molecule has 5 nitrogen and oxygen atoms in total. The smallest absolute Gasteiger partial charge is 0.412 e. The van der Waals surface area contributed by atoms with E-state index in [1.165, 1.54) is 0 Å². The monoisotopic (exact) mass is 302 g/mol. The van der Waals surface area contributed by atoms with Crippen LogP contribution in [0, 0.1) is 6.57 Å². The zero-order valence-electron chi connectivity index (χ0n) is 13.7. The Kier molecular flexibility index (Phi) is 4.06. The Morgan fingerprint density at radius 3 is 2.73 bits per heavy atom. The number of ether oxygens (including phenoxy) is 2. The summed E-state index contributed by atoms with van der Waals surface area (Å²) >= 11 is 0. The molecule has 2 rings (SSSR count). The minimum Gasteiger partial charge on any atom is -0.487 e. The number of rotatable bonds is 1. The predicted octanol–water partition coefficient (Wildman–Crippen LogP) is 4.56. The second-order valence-corrected chi connectivity index (χ2v) is 7.09. The first-order valence-corrected chi connectivity index (χ1v) is 7.29. The number of anilines is 1. The second kappa shape index (κ2) is 5.53. The minimum absolute atomic E-state index is 0.265. The van der Waals surface area contributed by atoms with Crippen LogP contribution in [0.5, 0.6) is 5.75 Å². The van der Waals surface area contributed by atoms with E-state index in [1.54, 1.807) is 18.2 Å². The third kappa shape index (κ3) is 3.91. The van der Waals surface area contributed by atoms with Gasteiger partial charge >= 0.3 is 6.09 Å². The third-order valence-electron chi connectivity index (χ3n) is 3.24. The zero-order chi connectivity index (χ0) is 16.5. The predicted molar refractivity (Wildman–Crippen MR) is 85.0 cm³/mol. The van der Waals surface area contributed by atoms with Crippen molar-refractivity contribution in [2.75, 3.05) is 5.32 Å². The highest BCUT2D eigenvalue weighted by molar-refractivity contribution is 5.85. The molecule has 1 aromatic rings. The van der Waals surface area contributed by atoms with Gasteiger partial charge in [-0.25, -0.2) is 11.4 Å². The van der Waals surface area contributed by atoms with Crippen LogP contribution in [0.1, 0.15) is 52.6 Å². The largest absolute Gasteiger partial charge is 0.487 e. The Labute approximate surface area is 131 Å². The van der Waals surface area contributed by atoms with Crippen molar-refractivity contribution < 1.29 is 14.3 Å². The van der Waals surface area contributed by atoms with E-state index in [-0.39, 0.29) is 11.6 Å². The van der Waals surface area contributed by atoms with E-state index in [4.69, 9.17) is 16.0 Å². The summed E-state index contributed by atoms with van der Waals surface area (Å²) in [6.45, 7) is 16.8. The highest BCUT2D eigenvalue weighted by Crippen LogP contribution is 2.42. The van der Waals surface area contributed by atoms with Crippen molar-refractivity contribution in [2.24, 2.45) is 0 Å². The SMILES string of the molecule is [C-]#[N+]C1CC(C)(C)Oc2ccc(NC(=O)OC(C)(C)C)cc21. The summed E-state index contributed by atoms with van der Waals surface area (Å²) < 4.78 is 11.1. The van der Waals surface area contributed by atoms with E-state index >= 15 is 0 Å². The highest BCUT2D eigenvalue weighted by Gasteiger charge is 2.37. The molecule has 1 heterocycles. The molecule has 0 aliphatic carbocycles. The standard InChI is InChI=1S/C17H22N2O3/c1-16(2,3)22-15(20)19-11-7-8-14-12(9-11)13(18-6)10-17(4,5)21-14/h7-9,13H,10H2,1-5H3,(H,19,20). The molecule has 1 aliphatic rings. The molecule has 1 unspecified atom stereocenters. The first kappa shape index (κ1) is 16.2. The van der Waals surface area contributed by atoms with Crippen molar-refractivity contribution in [2.45, 2.75) is 58.3 Å². The van der Waals surface area contributed by atoms with Crippen molar-refractivity contribution in [1.82, 2.24) is 0 Å². The van der Waals surface area contributed by atoms with Crippen molar-refractivity contribution in [1.29, 1.82) is 0 Å². The molecule has 1 aromatic carbocycles. The van der Waals surface area contributed by atoms with Gasteiger partial charge in [-0.3, -0.25) is 5.32 Å². The number of nitrogens with zero attached hydrogens (tertiary/aromatic N) is 1. The summed E-state index contributed by atoms with van der Waals surface area (Å²) in [6, 6.07) is 5.07. The maximum atomic E-state index is 11.8. The number of amides is 1. The number of fused-ring (bicyclic) bond motifs is 1. The molecule has 0 saturated heterocycles. The van der Waals surface area contributed by atoms with Crippen LogP contribution < -0.4 is 10.1 Å². The number of benzene rings is 1. The Hall–Kier alpha value is -2.22. The molecular formula is C17H22N2O3. The summed E-state index contributed by atoms with van der Waals surface area (Å²) in [5.41, 5.74) is 0.500. The molecule has 5 heteroatoms. The lowest BCUT2D eigenvalue weighted by molar-refractivity contribution is 0.0634. The van der Waals surface area contributed by atoms with Gasteiger partial charge in [-0.2, -0.15) is 0 Å². The van der Waals surface area contributed by atoms with Crippen LogP contribution in [0.2, 0.25) is 0 Å². The zero-order valence-corrected chi connectivity index (χ0v) is 13.7. The summed E-state index contributed by atoms with van der Waals surface area (Å²) in [5, 5.41) is 2.69. The third-order valence-corrected chi connectivity index (χ3v) is 3.24. The number of hydrogen-bond acceptors (Lipinski definition) is 3. The van der Waals surface area contributed by atoms with E-state index in [0.29, 0.717) is 17.9 Å². The van der Waals surface area contributed by atoms with Crippen molar-refractivity contribution in [3.63, 3.8) is 0 Å². The van der Waals surface area contributed by atoms with Crippen molar-refractivity contribution >= 4 is 11.8 Å². The van der Waals surface area contributed by atoms with Gasteiger partial charge in [0.1, 0.15) is 17.0 Å². The quantitative estimate of drug-likeness (QED) is 0.774. The van der Waals surface area contributed by atoms with E-state index in [0.717, 1.165) is 5.56 Å². The lowest BCUT2D eigenvalue weighted by Gasteiger charge is -2.33. The molecule has 0 fully saturated rings. The van der Waals surface area contributed by atoms with Crippen LogP contribution in [0.3, 0.4) is 0 Å². The van der Waals surface area contributed by atoms with E-state index in [9.17, 15) is 4.79 Å². The average molecular weight is 302 g/mol. The fourth-order valence-corrected chi connectivity index (χ4v) is 2.43. The van der Waals surface area contributed by atoms with Crippen molar-refractivity contribution in [3.8, 4) is 5.75 Å². The fourth-order valence-electron chi connectivity index (χ4n) is 2.43. The van der Waals surface area contributed by atoms with Crippen LogP contribution in [0.25, 0.3) is 4.85 Å². The number of carbonyl (C=O) groups excluding carboxylic acids is 1. The van der Waals surface area contributed by atoms with Gasteiger partial charge < -0.3 is 14.3 Å². The molecule has 0 spiro atoms. The number of hydrogen-bond donors (Lipinski definition) is 1. The van der Waals surface area contributed by atoms with Gasteiger partial charge in [0.15, 0.2) is 0 Å². The summed E-state index contributed by atoms with van der Waals surface area (Å²) in [7, 11) is 0. The average Bonchev–Trinajstić information content (AvgIpc) is 2.35. The number of carbonyl (C=O) groups is 1. The van der Waals surface area contributed by atoms with E-state index in [2.05, 4.69) is 10.2 Å². The van der Waals surface area contributed by atoms with Gasteiger partial charge in [0.25, 0.3) is 6.04 Å². The first-order valence-electron chi connectivity index (χ1n) is 7.29. The van der Waals surface area contributed by atoms with Crippen LogP contribution in [0.15, 0.2) is 18.2 Å². The van der Waals surface area contributed by atoms with E-state index in [1.807, 2.05) is 34.6 Å². The Morgan fingerprint density at radius 1 is 1.45 bits per heavy atom. The van der Waals surface area contributed by atoms with Gasteiger partial charge in [-0.1, -0.05) is 0 Å². The van der Waals surface area contributed by atoms with Gasteiger partial charge in [0.05, 0.1) is 12.0 Å². The Morgan fingerprint density at radius 2 is 2.14 bits per heavy atom. The van der Waals surface area contributed by atoms with Crippen LogP contribution in [0.4, 0.5) is 10.5 Å². The molecule has 0 bridgehead atoms. The molecule has 0 saturated carbocycles. The normalized spacial score (nSPS) is 19.4. The summed E-state index contributed by atoms with van der Waals surface area (Å²) in [5.74, 6) is 0.701. The molecule has 0 aromatic heterocycles. The molecule has 1 atom stereocenters. The van der Waals surface area contributed by atoms with Crippen LogP contribution in [-0.4, -0.2) is 17.3 Å². The lowest BCUT2D eigenvalue weighted by atomic mass is 9.90. The molecule has 1 amide bonds. The second-order valence-electron chi connectivity index (χ2n) is 7.09. The topological polar surface area (TPSA) is 51.9 Å². The maximum absolute atomic E-state index is 11.8. The maximum Gasteiger partial charge on any atom is 0.412 e. The first-order chi connectivity index (χ1) is 10.1. The Balaban J connectivity index is 2.21. The van der Waals surface area contributed by atoms with Crippen LogP contribution >= 0.6 is 0 Å². The molecule has 0 radical (unpaired) electrons. The minimum atomic E-state index is -0.551. The summed E-state index contributed by atoms with van der Waals surface area (Å²) in [6.07, 6.45) is 0.114. The lowest BCUT2D eigenvalue weighted by Crippen LogP contribution is -2.34. The van der Waals surface area contributed by atoms with Gasteiger partial charge in [-0.05, 0) is 52.8 Å². The molecule has 1 N–H and O–H groups in total. The fraction of sp³-hybridized carbons (Fsp3) is 0.529. The van der Waals surface area contributed by atoms with E-state index < -0.39 is 11.7 Å². The number of nitrogens with one attached hydrogen (secondary N) is 1. The molecular weight excluding hydrogens is 280 g/mol. The van der Waals surface area contributed by atoms with Crippen LogP contribution in [-0.2, 0) is 4.74 Å². The van der Waals surface area contributed by atoms with Gasteiger partial charge in [0.2, 0.25) is 0 Å². The molecule has 118 valence electrons. The summed E-state index contributed by atoms with van der Waals surface area (Å²) in [4.78, 5) is 15.5. The van der Waals surface area contributed by atoms with Crippen molar-refractivity contribution in [3.05, 3.63) is 35.2 Å². The van der Waals surface area contributed by atoms with Gasteiger partial charge in [0, 0.05) is 5.69 Å². The highest BCUT2D eigenvalue weighted by atomic mass is 16.6. The molecule has 1 aliphatic heterocycles. The Bertz CT molecular complexity index is 624. The molecule has 22 heavy (non-hydrogen) atoms. The van der Waals surface area contributed by atoms with Gasteiger partial charge in [-0.15, -0.1) is 0 Å².